The molecule has 0 aromatic rings. The molecule has 1 atom stereocenters. The van der Waals surface area contributed by atoms with Gasteiger partial charge >= 0.3 is 11.9 Å². The van der Waals surface area contributed by atoms with E-state index in [9.17, 15) is 9.59 Å². The fraction of sp³-hybridized carbons (Fsp3) is 0.923. The van der Waals surface area contributed by atoms with Crippen LogP contribution in [0.3, 0.4) is 0 Å². The van der Waals surface area contributed by atoms with Crippen molar-refractivity contribution >= 4 is 11.9 Å². The highest BCUT2D eigenvalue weighted by Gasteiger charge is 2.51. The van der Waals surface area contributed by atoms with Crippen LogP contribution in [0.15, 0.2) is 0 Å². The van der Waals surface area contributed by atoms with Gasteiger partial charge in [0.05, 0.1) is 19.6 Å². The zero-order valence-electron chi connectivity index (χ0n) is 20.2. The topological polar surface area (TPSA) is 55.8 Å². The van der Waals surface area contributed by atoms with Crippen molar-refractivity contribution in [3.8, 4) is 0 Å². The first-order valence-corrected chi connectivity index (χ1v) is 12.9. The highest BCUT2D eigenvalue weighted by molar-refractivity contribution is 5.70. The smallest absolute Gasteiger partial charge is 0.306 e. The van der Waals surface area contributed by atoms with E-state index in [0.29, 0.717) is 26.1 Å². The van der Waals surface area contributed by atoms with Gasteiger partial charge in [-0.1, -0.05) is 20.8 Å². The Balaban J connectivity index is 1.27. The zero-order chi connectivity index (χ0) is 22.3. The molecule has 1 unspecified atom stereocenters. The first kappa shape index (κ1) is 24.5. The van der Waals surface area contributed by atoms with Gasteiger partial charge in [0.15, 0.2) is 0 Å². The summed E-state index contributed by atoms with van der Waals surface area (Å²) in [5.41, 5.74) is 0.227. The number of rotatable bonds is 14. The molecule has 0 radical (unpaired) electrons. The molecule has 0 aliphatic heterocycles. The van der Waals surface area contributed by atoms with Crippen molar-refractivity contribution < 1.29 is 19.1 Å². The summed E-state index contributed by atoms with van der Waals surface area (Å²) in [6.07, 6.45) is 12.1. The minimum atomic E-state index is -0.139. The third-order valence-corrected chi connectivity index (χ3v) is 7.68. The summed E-state index contributed by atoms with van der Waals surface area (Å²) >= 11 is 0. The molecule has 4 aliphatic carbocycles. The zero-order valence-corrected chi connectivity index (χ0v) is 20.2. The molecular formula is C26H45NO4. The van der Waals surface area contributed by atoms with E-state index in [-0.39, 0.29) is 23.3 Å². The highest BCUT2D eigenvalue weighted by Crippen LogP contribution is 2.61. The highest BCUT2D eigenvalue weighted by atomic mass is 16.5. The molecule has 0 spiro atoms. The standard InChI is InChI=1S/C26H45NO4/c1-4-8-27(9-5-2)10-6-7-24(28)30-18-20(3)19-31-25(29)17-26-14-21-11-22(15-26)13-23(12-21)16-26/h20-23H,4-19H2,1-3H3. The molecule has 178 valence electrons. The Morgan fingerprint density at radius 2 is 1.39 bits per heavy atom. The first-order chi connectivity index (χ1) is 14.9. The molecule has 0 saturated heterocycles. The normalized spacial score (nSPS) is 29.9. The summed E-state index contributed by atoms with van der Waals surface area (Å²) in [4.78, 5) is 27.0. The summed E-state index contributed by atoms with van der Waals surface area (Å²) < 4.78 is 11.0. The average molecular weight is 436 g/mol. The van der Waals surface area contributed by atoms with Gasteiger partial charge in [-0.15, -0.1) is 0 Å². The predicted molar refractivity (Wildman–Crippen MR) is 123 cm³/mol. The fourth-order valence-corrected chi connectivity index (χ4v) is 6.87. The third kappa shape index (κ3) is 7.47. The number of carbonyl (C=O) groups is 2. The van der Waals surface area contributed by atoms with Gasteiger partial charge < -0.3 is 14.4 Å². The van der Waals surface area contributed by atoms with Gasteiger partial charge in [-0.3, -0.25) is 9.59 Å². The predicted octanol–water partition coefficient (Wildman–Crippen LogP) is 5.22. The van der Waals surface area contributed by atoms with Gasteiger partial charge in [-0.05, 0) is 101 Å². The van der Waals surface area contributed by atoms with E-state index in [0.717, 1.165) is 56.7 Å². The van der Waals surface area contributed by atoms with Gasteiger partial charge in [0.1, 0.15) is 0 Å². The molecule has 4 fully saturated rings. The lowest BCUT2D eigenvalue weighted by Crippen LogP contribution is -2.47. The van der Waals surface area contributed by atoms with Crippen LogP contribution < -0.4 is 0 Å². The summed E-state index contributed by atoms with van der Waals surface area (Å²) in [7, 11) is 0. The average Bonchev–Trinajstić information content (AvgIpc) is 2.69. The summed E-state index contributed by atoms with van der Waals surface area (Å²) in [6, 6.07) is 0. The van der Waals surface area contributed by atoms with Gasteiger partial charge in [0.2, 0.25) is 0 Å². The van der Waals surface area contributed by atoms with Crippen LogP contribution in [0.2, 0.25) is 0 Å². The van der Waals surface area contributed by atoms with Crippen LogP contribution in [-0.4, -0.2) is 49.7 Å². The second-order valence-corrected chi connectivity index (χ2v) is 11.0. The lowest BCUT2D eigenvalue weighted by Gasteiger charge is -2.56. The maximum atomic E-state index is 12.5. The molecule has 5 heteroatoms. The maximum absolute atomic E-state index is 12.5. The molecule has 4 saturated carbocycles. The van der Waals surface area contributed by atoms with E-state index >= 15 is 0 Å². The Bertz CT molecular complexity index is 549. The second kappa shape index (κ2) is 11.7. The van der Waals surface area contributed by atoms with Crippen LogP contribution in [0.4, 0.5) is 0 Å². The number of esters is 2. The number of hydrogen-bond donors (Lipinski definition) is 0. The van der Waals surface area contributed by atoms with Gasteiger partial charge in [-0.25, -0.2) is 0 Å². The van der Waals surface area contributed by atoms with Gasteiger partial charge in [0.25, 0.3) is 0 Å². The Morgan fingerprint density at radius 3 is 1.90 bits per heavy atom. The molecule has 31 heavy (non-hydrogen) atoms. The van der Waals surface area contributed by atoms with Crippen molar-refractivity contribution in [2.24, 2.45) is 29.1 Å². The van der Waals surface area contributed by atoms with Crippen LogP contribution in [-0.2, 0) is 19.1 Å². The fourth-order valence-electron chi connectivity index (χ4n) is 6.87. The minimum absolute atomic E-state index is 0.0425. The van der Waals surface area contributed by atoms with Crippen LogP contribution in [0.25, 0.3) is 0 Å². The molecule has 0 heterocycles. The van der Waals surface area contributed by atoms with Crippen LogP contribution in [0.5, 0.6) is 0 Å². The number of ether oxygens (including phenoxy) is 2. The van der Waals surface area contributed by atoms with Crippen molar-refractivity contribution in [1.29, 1.82) is 0 Å². The Morgan fingerprint density at radius 1 is 0.871 bits per heavy atom. The molecule has 0 aromatic heterocycles. The SMILES string of the molecule is CCCN(CCC)CCCC(=O)OCC(C)COC(=O)CC12CC3CC(CC(C3)C1)C2. The van der Waals surface area contributed by atoms with Gasteiger partial charge in [0, 0.05) is 12.3 Å². The van der Waals surface area contributed by atoms with Crippen LogP contribution >= 0.6 is 0 Å². The van der Waals surface area contributed by atoms with E-state index in [1.807, 2.05) is 6.92 Å². The summed E-state index contributed by atoms with van der Waals surface area (Å²) in [6.45, 7) is 10.2. The number of carbonyl (C=O) groups excluding carboxylic acids is 2. The largest absolute Gasteiger partial charge is 0.465 e. The van der Waals surface area contributed by atoms with E-state index in [1.54, 1.807) is 0 Å². The van der Waals surface area contributed by atoms with E-state index in [2.05, 4.69) is 18.7 Å². The molecule has 0 N–H and O–H groups in total. The lowest BCUT2D eigenvalue weighted by atomic mass is 9.49. The first-order valence-electron chi connectivity index (χ1n) is 12.9. The number of nitrogens with zero attached hydrogens (tertiary/aromatic N) is 1. The van der Waals surface area contributed by atoms with Crippen molar-refractivity contribution in [2.75, 3.05) is 32.8 Å². The van der Waals surface area contributed by atoms with E-state index in [4.69, 9.17) is 9.47 Å². The van der Waals surface area contributed by atoms with Gasteiger partial charge in [-0.2, -0.15) is 0 Å². The monoisotopic (exact) mass is 435 g/mol. The lowest BCUT2D eigenvalue weighted by molar-refractivity contribution is -0.154. The Labute approximate surface area is 189 Å². The summed E-state index contributed by atoms with van der Waals surface area (Å²) in [5, 5.41) is 0. The molecule has 4 aliphatic rings. The quantitative estimate of drug-likeness (QED) is 0.350. The molecule has 5 nitrogen and oxygen atoms in total. The molecule has 0 amide bonds. The summed E-state index contributed by atoms with van der Waals surface area (Å²) in [5.74, 6) is 2.42. The Hall–Kier alpha value is -1.10. The van der Waals surface area contributed by atoms with Crippen LogP contribution in [0, 0.1) is 29.1 Å². The molecule has 4 rings (SSSR count). The molecular weight excluding hydrogens is 390 g/mol. The van der Waals surface area contributed by atoms with Crippen molar-refractivity contribution in [1.82, 2.24) is 4.90 Å². The maximum Gasteiger partial charge on any atom is 0.306 e. The van der Waals surface area contributed by atoms with E-state index in [1.165, 1.54) is 38.5 Å². The third-order valence-electron chi connectivity index (χ3n) is 7.68. The number of hydrogen-bond acceptors (Lipinski definition) is 5. The van der Waals surface area contributed by atoms with Crippen molar-refractivity contribution in [3.63, 3.8) is 0 Å². The van der Waals surface area contributed by atoms with Crippen molar-refractivity contribution in [3.05, 3.63) is 0 Å². The molecule has 4 bridgehead atoms. The van der Waals surface area contributed by atoms with Crippen molar-refractivity contribution in [2.45, 2.75) is 91.4 Å². The van der Waals surface area contributed by atoms with E-state index < -0.39 is 0 Å². The Kier molecular flexibility index (Phi) is 9.24. The second-order valence-electron chi connectivity index (χ2n) is 11.0. The minimum Gasteiger partial charge on any atom is -0.465 e. The molecule has 0 aromatic carbocycles. The van der Waals surface area contributed by atoms with Crippen LogP contribution in [0.1, 0.15) is 91.4 Å².